The van der Waals surface area contributed by atoms with Crippen molar-refractivity contribution >= 4 is 57.6 Å². The number of thiocarbonyl (C=S) groups is 1. The van der Waals surface area contributed by atoms with Gasteiger partial charge in [-0.05, 0) is 35.7 Å². The van der Waals surface area contributed by atoms with Crippen molar-refractivity contribution < 1.29 is 18.7 Å². The van der Waals surface area contributed by atoms with Gasteiger partial charge in [0.25, 0.3) is 5.91 Å². The van der Waals surface area contributed by atoms with Crippen LogP contribution in [0.15, 0.2) is 63.2 Å². The third kappa shape index (κ3) is 4.19. The number of carbonyl (C=O) groups excluding carboxylic acids is 2. The molecule has 0 bridgehead atoms. The quantitative estimate of drug-likeness (QED) is 0.308. The molecular weight excluding hydrogens is 426 g/mol. The fourth-order valence-electron chi connectivity index (χ4n) is 2.80. The number of furan rings is 1. The molecule has 4 rings (SSSR count). The molecule has 0 aliphatic carbocycles. The van der Waals surface area contributed by atoms with E-state index in [4.69, 9.17) is 21.4 Å². The lowest BCUT2D eigenvalue weighted by Crippen LogP contribution is -2.26. The Hall–Kier alpha value is -2.68. The fraction of sp³-hybridized carbons (Fsp3) is 0.0952. The van der Waals surface area contributed by atoms with E-state index in [0.29, 0.717) is 32.9 Å². The minimum absolute atomic E-state index is 0.117. The molecule has 3 heterocycles. The summed E-state index contributed by atoms with van der Waals surface area (Å²) in [7, 11) is 1.35. The SMILES string of the molecule is COC(=O)c1ccc(-c2ccc(/C=C3/SC(=S)N(Cc4cccs4)C3=O)o2)cc1. The van der Waals surface area contributed by atoms with Crippen molar-refractivity contribution in [3.05, 3.63) is 75.0 Å². The summed E-state index contributed by atoms with van der Waals surface area (Å²) in [4.78, 5) is 27.5. The number of esters is 1. The molecular formula is C21H15NO4S3. The van der Waals surface area contributed by atoms with Crippen molar-refractivity contribution in [3.8, 4) is 11.3 Å². The number of ether oxygens (including phenoxy) is 1. The van der Waals surface area contributed by atoms with Crippen LogP contribution >= 0.6 is 35.3 Å². The van der Waals surface area contributed by atoms with E-state index in [1.807, 2.05) is 23.6 Å². The van der Waals surface area contributed by atoms with Crippen LogP contribution in [0.1, 0.15) is 21.0 Å². The topological polar surface area (TPSA) is 59.8 Å². The summed E-state index contributed by atoms with van der Waals surface area (Å²) in [5.41, 5.74) is 1.29. The highest BCUT2D eigenvalue weighted by molar-refractivity contribution is 8.26. The fourth-order valence-corrected chi connectivity index (χ4v) is 4.73. The molecule has 1 aliphatic rings. The summed E-state index contributed by atoms with van der Waals surface area (Å²) in [6.45, 7) is 0.482. The average Bonchev–Trinajstić information content (AvgIpc) is 3.47. The molecule has 29 heavy (non-hydrogen) atoms. The lowest BCUT2D eigenvalue weighted by Gasteiger charge is -2.12. The summed E-state index contributed by atoms with van der Waals surface area (Å²) in [5, 5.41) is 1.98. The van der Waals surface area contributed by atoms with Gasteiger partial charge in [0.1, 0.15) is 15.8 Å². The highest BCUT2D eigenvalue weighted by Gasteiger charge is 2.32. The number of carbonyl (C=O) groups is 2. The number of rotatable bonds is 5. The zero-order valence-electron chi connectivity index (χ0n) is 15.3. The van der Waals surface area contributed by atoms with Gasteiger partial charge < -0.3 is 9.15 Å². The van der Waals surface area contributed by atoms with Crippen molar-refractivity contribution in [1.82, 2.24) is 4.90 Å². The first kappa shape index (κ1) is 19.6. The van der Waals surface area contributed by atoms with Gasteiger partial charge in [0.2, 0.25) is 0 Å². The van der Waals surface area contributed by atoms with Gasteiger partial charge in [-0.3, -0.25) is 9.69 Å². The monoisotopic (exact) mass is 441 g/mol. The van der Waals surface area contributed by atoms with E-state index in [2.05, 4.69) is 0 Å². The Labute approximate surface area is 181 Å². The Balaban J connectivity index is 1.51. The Morgan fingerprint density at radius 1 is 1.21 bits per heavy atom. The molecule has 146 valence electrons. The van der Waals surface area contributed by atoms with Crippen LogP contribution < -0.4 is 0 Å². The average molecular weight is 442 g/mol. The van der Waals surface area contributed by atoms with Crippen LogP contribution in [0.2, 0.25) is 0 Å². The van der Waals surface area contributed by atoms with E-state index >= 15 is 0 Å². The number of nitrogens with zero attached hydrogens (tertiary/aromatic N) is 1. The molecule has 0 atom stereocenters. The van der Waals surface area contributed by atoms with Crippen LogP contribution in [0.3, 0.4) is 0 Å². The minimum Gasteiger partial charge on any atom is -0.465 e. The third-order valence-corrected chi connectivity index (χ3v) is 6.50. The van der Waals surface area contributed by atoms with Crippen LogP contribution in [0.4, 0.5) is 0 Å². The normalized spacial score (nSPS) is 15.3. The molecule has 1 aromatic carbocycles. The van der Waals surface area contributed by atoms with Crippen LogP contribution in [0, 0.1) is 0 Å². The molecule has 1 aliphatic heterocycles. The predicted molar refractivity (Wildman–Crippen MR) is 119 cm³/mol. The Morgan fingerprint density at radius 2 is 2.00 bits per heavy atom. The van der Waals surface area contributed by atoms with Crippen LogP contribution in [-0.2, 0) is 16.1 Å². The van der Waals surface area contributed by atoms with Crippen molar-refractivity contribution in [3.63, 3.8) is 0 Å². The molecule has 1 amide bonds. The predicted octanol–water partition coefficient (Wildman–Crippen LogP) is 5.20. The summed E-state index contributed by atoms with van der Waals surface area (Å²) in [6, 6.07) is 14.5. The van der Waals surface area contributed by atoms with Crippen molar-refractivity contribution in [2.24, 2.45) is 0 Å². The highest BCUT2D eigenvalue weighted by Crippen LogP contribution is 2.35. The number of amides is 1. The van der Waals surface area contributed by atoms with Gasteiger partial charge >= 0.3 is 5.97 Å². The Morgan fingerprint density at radius 3 is 2.69 bits per heavy atom. The van der Waals surface area contributed by atoms with Gasteiger partial charge in [0.05, 0.1) is 24.1 Å². The van der Waals surface area contributed by atoms with Gasteiger partial charge in [-0.1, -0.05) is 42.2 Å². The first-order valence-electron chi connectivity index (χ1n) is 8.61. The second-order valence-corrected chi connectivity index (χ2v) is 8.83. The summed E-state index contributed by atoms with van der Waals surface area (Å²) < 4.78 is 11.1. The van der Waals surface area contributed by atoms with Crippen molar-refractivity contribution in [2.45, 2.75) is 6.54 Å². The first-order valence-corrected chi connectivity index (χ1v) is 10.7. The second-order valence-electron chi connectivity index (χ2n) is 6.12. The van der Waals surface area contributed by atoms with Gasteiger partial charge in [-0.2, -0.15) is 0 Å². The van der Waals surface area contributed by atoms with E-state index in [9.17, 15) is 9.59 Å². The molecule has 5 nitrogen and oxygen atoms in total. The molecule has 0 N–H and O–H groups in total. The third-order valence-electron chi connectivity index (χ3n) is 4.26. The maximum absolute atomic E-state index is 12.7. The summed E-state index contributed by atoms with van der Waals surface area (Å²) in [5.74, 6) is 0.699. The lowest BCUT2D eigenvalue weighted by molar-refractivity contribution is -0.122. The molecule has 0 unspecified atom stereocenters. The molecule has 2 aromatic heterocycles. The largest absolute Gasteiger partial charge is 0.465 e. The van der Waals surface area contributed by atoms with Crippen LogP contribution in [-0.4, -0.2) is 28.2 Å². The van der Waals surface area contributed by atoms with Gasteiger partial charge in [-0.15, -0.1) is 11.3 Å². The molecule has 3 aromatic rings. The van der Waals surface area contributed by atoms with E-state index in [0.717, 1.165) is 10.4 Å². The molecule has 0 spiro atoms. The maximum atomic E-state index is 12.7. The molecule has 1 fully saturated rings. The molecule has 0 radical (unpaired) electrons. The minimum atomic E-state index is -0.388. The van der Waals surface area contributed by atoms with Crippen LogP contribution in [0.25, 0.3) is 17.4 Å². The van der Waals surface area contributed by atoms with Crippen molar-refractivity contribution in [2.75, 3.05) is 7.11 Å². The molecule has 8 heteroatoms. The van der Waals surface area contributed by atoms with Gasteiger partial charge in [0.15, 0.2) is 0 Å². The van der Waals surface area contributed by atoms with E-state index in [1.54, 1.807) is 52.6 Å². The number of thioether (sulfide) groups is 1. The summed E-state index contributed by atoms with van der Waals surface area (Å²) in [6.07, 6.45) is 1.71. The Kier molecular flexibility index (Phi) is 5.66. The standard InChI is InChI=1S/C21H15NO4S3/c1-25-20(24)14-6-4-13(5-7-14)17-9-8-15(26-17)11-18-19(23)22(21(27)29-18)12-16-3-2-10-28-16/h2-11H,12H2,1H3/b18-11+. The second kappa shape index (κ2) is 8.36. The van der Waals surface area contributed by atoms with Crippen LogP contribution in [0.5, 0.6) is 0 Å². The highest BCUT2D eigenvalue weighted by atomic mass is 32.2. The zero-order chi connectivity index (χ0) is 20.4. The lowest BCUT2D eigenvalue weighted by atomic mass is 10.1. The molecule has 1 saturated heterocycles. The first-order chi connectivity index (χ1) is 14.0. The van der Waals surface area contributed by atoms with Gasteiger partial charge in [0, 0.05) is 16.5 Å². The zero-order valence-corrected chi connectivity index (χ0v) is 17.7. The smallest absolute Gasteiger partial charge is 0.337 e. The van der Waals surface area contributed by atoms with E-state index in [-0.39, 0.29) is 11.9 Å². The molecule has 0 saturated carbocycles. The van der Waals surface area contributed by atoms with Gasteiger partial charge in [-0.25, -0.2) is 4.79 Å². The van der Waals surface area contributed by atoms with E-state index in [1.165, 1.54) is 18.9 Å². The Bertz CT molecular complexity index is 1100. The van der Waals surface area contributed by atoms with Crippen molar-refractivity contribution in [1.29, 1.82) is 0 Å². The maximum Gasteiger partial charge on any atom is 0.337 e. The summed E-state index contributed by atoms with van der Waals surface area (Å²) >= 11 is 8.24. The number of thiophene rings is 1. The number of hydrogen-bond acceptors (Lipinski definition) is 7. The van der Waals surface area contributed by atoms with E-state index < -0.39 is 0 Å². The number of methoxy groups -OCH3 is 1. The number of benzene rings is 1. The number of hydrogen-bond donors (Lipinski definition) is 0.